The number of hydrogen-bond donors (Lipinski definition) is 2. The number of benzene rings is 1. The van der Waals surface area contributed by atoms with E-state index in [1.165, 1.54) is 26.0 Å². The second kappa shape index (κ2) is 9.04. The van der Waals surface area contributed by atoms with Gasteiger partial charge in [-0.1, -0.05) is 0 Å². The SMILES string of the molecule is COc1cc(NC(=O)N[C@@H](CCSC)C(=O)[O-])cc(OC)c1. The summed E-state index contributed by atoms with van der Waals surface area (Å²) in [6, 6.07) is 3.17. The summed E-state index contributed by atoms with van der Waals surface area (Å²) >= 11 is 1.49. The smallest absolute Gasteiger partial charge is 0.319 e. The van der Waals surface area contributed by atoms with Crippen LogP contribution in [-0.4, -0.2) is 44.3 Å². The molecule has 122 valence electrons. The van der Waals surface area contributed by atoms with Crippen molar-refractivity contribution in [1.82, 2.24) is 5.32 Å². The first-order valence-electron chi connectivity index (χ1n) is 6.50. The zero-order chi connectivity index (χ0) is 16.5. The first-order valence-corrected chi connectivity index (χ1v) is 7.90. The number of thioether (sulfide) groups is 1. The molecule has 1 aromatic carbocycles. The number of nitrogens with one attached hydrogen (secondary N) is 2. The van der Waals surface area contributed by atoms with Crippen LogP contribution in [0.25, 0.3) is 0 Å². The van der Waals surface area contributed by atoms with Crippen molar-refractivity contribution in [3.63, 3.8) is 0 Å². The number of carboxylic acids is 1. The number of hydrogen-bond acceptors (Lipinski definition) is 6. The average molecular weight is 327 g/mol. The van der Waals surface area contributed by atoms with E-state index in [9.17, 15) is 14.7 Å². The fourth-order valence-corrected chi connectivity index (χ4v) is 2.16. The molecular formula is C14H19N2O5S-. The predicted molar refractivity (Wildman–Crippen MR) is 83.5 cm³/mol. The number of aliphatic carboxylic acids is 1. The Labute approximate surface area is 133 Å². The Hall–Kier alpha value is -2.09. The van der Waals surface area contributed by atoms with Crippen LogP contribution in [0.5, 0.6) is 11.5 Å². The Morgan fingerprint density at radius 2 is 1.82 bits per heavy atom. The summed E-state index contributed by atoms with van der Waals surface area (Å²) in [5.74, 6) is 0.306. The van der Waals surface area contributed by atoms with Gasteiger partial charge in [0.1, 0.15) is 11.5 Å². The van der Waals surface area contributed by atoms with Crippen molar-refractivity contribution in [2.24, 2.45) is 0 Å². The Morgan fingerprint density at radius 3 is 2.27 bits per heavy atom. The van der Waals surface area contributed by atoms with Gasteiger partial charge in [-0.25, -0.2) is 4.79 Å². The number of anilines is 1. The Bertz CT molecular complexity index is 502. The highest BCUT2D eigenvalue weighted by atomic mass is 32.2. The number of methoxy groups -OCH3 is 2. The highest BCUT2D eigenvalue weighted by Crippen LogP contribution is 2.25. The van der Waals surface area contributed by atoms with Gasteiger partial charge in [0.05, 0.1) is 26.2 Å². The molecule has 7 nitrogen and oxygen atoms in total. The lowest BCUT2D eigenvalue weighted by Crippen LogP contribution is -2.49. The second-order valence-electron chi connectivity index (χ2n) is 4.35. The molecule has 22 heavy (non-hydrogen) atoms. The van der Waals surface area contributed by atoms with Gasteiger partial charge >= 0.3 is 6.03 Å². The average Bonchev–Trinajstić information content (AvgIpc) is 2.50. The summed E-state index contributed by atoms with van der Waals surface area (Å²) in [5.41, 5.74) is 0.427. The third kappa shape index (κ3) is 5.72. The summed E-state index contributed by atoms with van der Waals surface area (Å²) in [6.07, 6.45) is 2.15. The Kier molecular flexibility index (Phi) is 7.38. The van der Waals surface area contributed by atoms with E-state index < -0.39 is 18.0 Å². The van der Waals surface area contributed by atoms with Crippen LogP contribution in [0.4, 0.5) is 10.5 Å². The van der Waals surface area contributed by atoms with Gasteiger partial charge in [0.15, 0.2) is 0 Å². The number of urea groups is 1. The number of rotatable bonds is 8. The topological polar surface area (TPSA) is 99.7 Å². The molecule has 0 aliphatic rings. The van der Waals surface area contributed by atoms with Crippen molar-refractivity contribution in [1.29, 1.82) is 0 Å². The van der Waals surface area contributed by atoms with Gasteiger partial charge in [-0.3, -0.25) is 0 Å². The molecule has 1 atom stereocenters. The summed E-state index contributed by atoms with van der Waals surface area (Å²) in [5, 5.41) is 15.9. The van der Waals surface area contributed by atoms with Crippen LogP contribution in [0.15, 0.2) is 18.2 Å². The van der Waals surface area contributed by atoms with Gasteiger partial charge in [-0.05, 0) is 18.4 Å². The van der Waals surface area contributed by atoms with Crippen molar-refractivity contribution >= 4 is 29.4 Å². The van der Waals surface area contributed by atoms with Crippen molar-refractivity contribution in [2.45, 2.75) is 12.5 Å². The van der Waals surface area contributed by atoms with Crippen molar-refractivity contribution in [3.8, 4) is 11.5 Å². The molecule has 0 heterocycles. The minimum atomic E-state index is -1.31. The van der Waals surface area contributed by atoms with Crippen LogP contribution in [0.1, 0.15) is 6.42 Å². The molecule has 0 saturated carbocycles. The van der Waals surface area contributed by atoms with Crippen LogP contribution in [0.2, 0.25) is 0 Å². The minimum Gasteiger partial charge on any atom is -0.548 e. The number of carbonyl (C=O) groups excluding carboxylic acids is 2. The van der Waals surface area contributed by atoms with Gasteiger partial charge in [0, 0.05) is 23.9 Å². The molecule has 2 amide bonds. The van der Waals surface area contributed by atoms with Gasteiger partial charge < -0.3 is 30.0 Å². The van der Waals surface area contributed by atoms with E-state index in [4.69, 9.17) is 9.47 Å². The lowest BCUT2D eigenvalue weighted by molar-refractivity contribution is -0.308. The molecule has 0 aliphatic carbocycles. The monoisotopic (exact) mass is 327 g/mol. The van der Waals surface area contributed by atoms with E-state index in [1.54, 1.807) is 18.2 Å². The molecule has 0 unspecified atom stereocenters. The number of amides is 2. The number of carboxylic acid groups (broad SMARTS) is 1. The van der Waals surface area contributed by atoms with Crippen molar-refractivity contribution < 1.29 is 24.2 Å². The normalized spacial score (nSPS) is 11.4. The zero-order valence-corrected chi connectivity index (χ0v) is 13.5. The maximum absolute atomic E-state index is 11.9. The van der Waals surface area contributed by atoms with E-state index in [2.05, 4.69) is 10.6 Å². The largest absolute Gasteiger partial charge is 0.548 e. The third-order valence-corrected chi connectivity index (χ3v) is 3.45. The molecule has 1 aromatic rings. The van der Waals surface area contributed by atoms with Gasteiger partial charge in [0.25, 0.3) is 0 Å². The summed E-state index contributed by atoms with van der Waals surface area (Å²) in [4.78, 5) is 22.9. The second-order valence-corrected chi connectivity index (χ2v) is 5.34. The molecule has 0 fully saturated rings. The molecule has 1 rings (SSSR count). The van der Waals surface area contributed by atoms with E-state index in [0.717, 1.165) is 0 Å². The van der Waals surface area contributed by atoms with Crippen LogP contribution >= 0.6 is 11.8 Å². The number of carbonyl (C=O) groups is 2. The first kappa shape index (κ1) is 18.0. The highest BCUT2D eigenvalue weighted by molar-refractivity contribution is 7.98. The molecule has 0 aliphatic heterocycles. The van der Waals surface area contributed by atoms with E-state index in [1.807, 2.05) is 6.26 Å². The molecule has 2 N–H and O–H groups in total. The fraction of sp³-hybridized carbons (Fsp3) is 0.429. The lowest BCUT2D eigenvalue weighted by Gasteiger charge is -2.19. The van der Waals surface area contributed by atoms with Gasteiger partial charge in [0.2, 0.25) is 0 Å². The molecule has 0 radical (unpaired) electrons. The Balaban J connectivity index is 2.72. The van der Waals surface area contributed by atoms with Crippen LogP contribution in [0.3, 0.4) is 0 Å². The predicted octanol–water partition coefficient (Wildman–Crippen LogP) is 0.697. The van der Waals surface area contributed by atoms with Gasteiger partial charge in [-0.15, -0.1) is 0 Å². The molecular weight excluding hydrogens is 308 g/mol. The fourth-order valence-electron chi connectivity index (χ4n) is 1.69. The van der Waals surface area contributed by atoms with E-state index >= 15 is 0 Å². The van der Waals surface area contributed by atoms with Crippen LogP contribution in [-0.2, 0) is 4.79 Å². The summed E-state index contributed by atoms with van der Waals surface area (Å²) in [6.45, 7) is 0. The van der Waals surface area contributed by atoms with Crippen molar-refractivity contribution in [3.05, 3.63) is 18.2 Å². The Morgan fingerprint density at radius 1 is 1.23 bits per heavy atom. The first-order chi connectivity index (χ1) is 10.5. The maximum Gasteiger partial charge on any atom is 0.319 e. The quantitative estimate of drug-likeness (QED) is 0.729. The summed E-state index contributed by atoms with van der Waals surface area (Å²) < 4.78 is 10.2. The van der Waals surface area contributed by atoms with Crippen LogP contribution < -0.4 is 25.2 Å². The van der Waals surface area contributed by atoms with Gasteiger partial charge in [-0.2, -0.15) is 11.8 Å². The lowest BCUT2D eigenvalue weighted by atomic mass is 10.2. The van der Waals surface area contributed by atoms with E-state index in [-0.39, 0.29) is 0 Å². The minimum absolute atomic E-state index is 0.290. The zero-order valence-electron chi connectivity index (χ0n) is 12.7. The van der Waals surface area contributed by atoms with E-state index in [0.29, 0.717) is 29.4 Å². The standard InChI is InChI=1S/C14H20N2O5S/c1-20-10-6-9(7-11(8-10)21-2)15-14(19)16-12(13(17)18)4-5-22-3/h6-8,12H,4-5H2,1-3H3,(H,17,18)(H2,15,16,19)/p-1/t12-/m0/s1. The third-order valence-electron chi connectivity index (χ3n) is 2.81. The maximum atomic E-state index is 11.9. The number of ether oxygens (including phenoxy) is 2. The molecule has 0 spiro atoms. The molecule has 0 bridgehead atoms. The van der Waals surface area contributed by atoms with Crippen LogP contribution in [0, 0.1) is 0 Å². The molecule has 8 heteroatoms. The van der Waals surface area contributed by atoms with Crippen molar-refractivity contribution in [2.75, 3.05) is 31.5 Å². The molecule has 0 saturated heterocycles. The molecule has 0 aromatic heterocycles. The summed E-state index contributed by atoms with van der Waals surface area (Å²) in [7, 11) is 2.99. The highest BCUT2D eigenvalue weighted by Gasteiger charge is 2.13.